The summed E-state index contributed by atoms with van der Waals surface area (Å²) in [6, 6.07) is 45.7. The normalized spacial score (nSPS) is 12.1. The number of nitrogens with zero attached hydrogens (tertiary/aromatic N) is 2. The minimum absolute atomic E-state index is 0.910. The van der Waals surface area contributed by atoms with E-state index in [1.807, 2.05) is 12.1 Å². The molecule has 3 nitrogen and oxygen atoms in total. The molecule has 9 aromatic rings. The number of rotatable bonds is 2. The Balaban J connectivity index is 1.38. The van der Waals surface area contributed by atoms with Crippen LogP contribution in [0.2, 0.25) is 0 Å². The summed E-state index contributed by atoms with van der Waals surface area (Å²) in [6.45, 7) is 2.16. The lowest BCUT2D eigenvalue weighted by Gasteiger charge is -2.11. The van der Waals surface area contributed by atoms with Crippen LogP contribution in [0.3, 0.4) is 0 Å². The average molecular weight is 513 g/mol. The van der Waals surface area contributed by atoms with Crippen LogP contribution in [-0.2, 0) is 0 Å². The minimum Gasteiger partial charge on any atom is -0.454 e. The zero-order chi connectivity index (χ0) is 26.4. The quantitative estimate of drug-likeness (QED) is 0.226. The SMILES string of the molecule is Cc1ccc2c3ccccc3n(-c3ccc4c(c3)c3ccccc3n4-c3cccc4c3oc3ccccc34)c2c1. The molecule has 0 N–H and O–H groups in total. The fourth-order valence-electron chi connectivity index (χ4n) is 6.63. The molecule has 9 rings (SSSR count). The van der Waals surface area contributed by atoms with E-state index in [0.717, 1.165) is 38.8 Å². The van der Waals surface area contributed by atoms with Gasteiger partial charge in [0.1, 0.15) is 5.58 Å². The predicted octanol–water partition coefficient (Wildman–Crippen LogP) is 10.1. The molecule has 0 saturated heterocycles. The van der Waals surface area contributed by atoms with E-state index in [2.05, 4.69) is 131 Å². The molecular weight excluding hydrogens is 488 g/mol. The smallest absolute Gasteiger partial charge is 0.159 e. The van der Waals surface area contributed by atoms with E-state index in [9.17, 15) is 0 Å². The van der Waals surface area contributed by atoms with Gasteiger partial charge in [0.15, 0.2) is 5.58 Å². The van der Waals surface area contributed by atoms with Crippen molar-refractivity contribution in [2.24, 2.45) is 0 Å². The first-order valence-electron chi connectivity index (χ1n) is 13.7. The average Bonchev–Trinajstić information content (AvgIpc) is 3.64. The third-order valence-electron chi connectivity index (χ3n) is 8.37. The summed E-state index contributed by atoms with van der Waals surface area (Å²) in [4.78, 5) is 0. The minimum atomic E-state index is 0.910. The number of para-hydroxylation sites is 4. The van der Waals surface area contributed by atoms with E-state index in [-0.39, 0.29) is 0 Å². The molecule has 0 aliphatic carbocycles. The van der Waals surface area contributed by atoms with Crippen LogP contribution < -0.4 is 0 Å². The van der Waals surface area contributed by atoms with Crippen LogP contribution in [0.25, 0.3) is 76.9 Å². The van der Waals surface area contributed by atoms with Crippen molar-refractivity contribution in [1.29, 1.82) is 0 Å². The lowest BCUT2D eigenvalue weighted by atomic mass is 10.1. The summed E-state index contributed by atoms with van der Waals surface area (Å²) in [6.07, 6.45) is 0. The second-order valence-corrected chi connectivity index (χ2v) is 10.7. The molecule has 0 spiro atoms. The summed E-state index contributed by atoms with van der Waals surface area (Å²) >= 11 is 0. The Labute approximate surface area is 230 Å². The van der Waals surface area contributed by atoms with Crippen LogP contribution in [-0.4, -0.2) is 9.13 Å². The highest BCUT2D eigenvalue weighted by atomic mass is 16.3. The molecule has 0 saturated carbocycles. The van der Waals surface area contributed by atoms with Crippen molar-refractivity contribution in [2.75, 3.05) is 0 Å². The maximum atomic E-state index is 6.47. The summed E-state index contributed by atoms with van der Waals surface area (Å²) in [7, 11) is 0. The van der Waals surface area contributed by atoms with Gasteiger partial charge in [-0.3, -0.25) is 0 Å². The van der Waals surface area contributed by atoms with E-state index >= 15 is 0 Å². The number of aryl methyl sites for hydroxylation is 1. The third kappa shape index (κ3) is 2.84. The molecule has 3 heterocycles. The first-order valence-corrected chi connectivity index (χ1v) is 13.7. The Morgan fingerprint density at radius 3 is 1.95 bits per heavy atom. The van der Waals surface area contributed by atoms with Crippen molar-refractivity contribution < 1.29 is 4.42 Å². The summed E-state index contributed by atoms with van der Waals surface area (Å²) in [5.41, 5.74) is 10.1. The Morgan fingerprint density at radius 2 is 1.10 bits per heavy atom. The maximum Gasteiger partial charge on any atom is 0.159 e. The highest BCUT2D eigenvalue weighted by Gasteiger charge is 2.19. The highest BCUT2D eigenvalue weighted by Crippen LogP contribution is 2.39. The van der Waals surface area contributed by atoms with Crippen LogP contribution in [0, 0.1) is 6.92 Å². The van der Waals surface area contributed by atoms with Gasteiger partial charge >= 0.3 is 0 Å². The summed E-state index contributed by atoms with van der Waals surface area (Å²) in [5.74, 6) is 0. The highest BCUT2D eigenvalue weighted by molar-refractivity contribution is 6.14. The molecule has 0 bridgehead atoms. The summed E-state index contributed by atoms with van der Waals surface area (Å²) in [5, 5.41) is 7.28. The molecule has 0 fully saturated rings. The number of hydrogen-bond acceptors (Lipinski definition) is 1. The van der Waals surface area contributed by atoms with Crippen LogP contribution in [0.5, 0.6) is 0 Å². The molecule has 3 heteroatoms. The van der Waals surface area contributed by atoms with Crippen molar-refractivity contribution in [1.82, 2.24) is 9.13 Å². The van der Waals surface area contributed by atoms with Gasteiger partial charge in [0.2, 0.25) is 0 Å². The first-order chi connectivity index (χ1) is 19.8. The first kappa shape index (κ1) is 21.6. The predicted molar refractivity (Wildman–Crippen MR) is 167 cm³/mol. The third-order valence-corrected chi connectivity index (χ3v) is 8.37. The standard InChI is InChI=1S/C37H24N2O/c1-23-17-19-27-25-9-2-5-13-31(25)38(35(27)21-23)24-18-20-33-30(22-24)26-10-3-6-14-32(26)39(33)34-15-8-12-29-28-11-4-7-16-36(28)40-37(29)34/h2-22H,1H3. The van der Waals surface area contributed by atoms with Gasteiger partial charge < -0.3 is 13.6 Å². The second kappa shape index (κ2) is 7.87. The van der Waals surface area contributed by atoms with Gasteiger partial charge in [0.05, 0.1) is 27.8 Å². The van der Waals surface area contributed by atoms with Crippen molar-refractivity contribution in [3.05, 3.63) is 133 Å². The van der Waals surface area contributed by atoms with E-state index in [1.165, 1.54) is 43.7 Å². The van der Waals surface area contributed by atoms with Gasteiger partial charge in [-0.1, -0.05) is 78.9 Å². The van der Waals surface area contributed by atoms with E-state index in [1.54, 1.807) is 0 Å². The molecule has 0 radical (unpaired) electrons. The fraction of sp³-hybridized carbons (Fsp3) is 0.0270. The van der Waals surface area contributed by atoms with Gasteiger partial charge in [-0.2, -0.15) is 0 Å². The van der Waals surface area contributed by atoms with Gasteiger partial charge in [-0.25, -0.2) is 0 Å². The van der Waals surface area contributed by atoms with E-state index in [0.29, 0.717) is 0 Å². The van der Waals surface area contributed by atoms with Crippen molar-refractivity contribution in [3.63, 3.8) is 0 Å². The fourth-order valence-corrected chi connectivity index (χ4v) is 6.63. The number of aromatic nitrogens is 2. The molecular formula is C37H24N2O. The lowest BCUT2D eigenvalue weighted by Crippen LogP contribution is -1.96. The van der Waals surface area contributed by atoms with Crippen LogP contribution in [0.4, 0.5) is 0 Å². The lowest BCUT2D eigenvalue weighted by molar-refractivity contribution is 0.666. The van der Waals surface area contributed by atoms with Crippen LogP contribution >= 0.6 is 0 Å². The Kier molecular flexibility index (Phi) is 4.26. The van der Waals surface area contributed by atoms with E-state index in [4.69, 9.17) is 4.42 Å². The van der Waals surface area contributed by atoms with Gasteiger partial charge in [-0.05, 0) is 61.0 Å². The summed E-state index contributed by atoms with van der Waals surface area (Å²) < 4.78 is 11.2. The Hall–Kier alpha value is -5.28. The van der Waals surface area contributed by atoms with Crippen molar-refractivity contribution in [3.8, 4) is 11.4 Å². The molecule has 0 aliphatic heterocycles. The number of fused-ring (bicyclic) bond motifs is 9. The molecule has 0 amide bonds. The number of hydrogen-bond donors (Lipinski definition) is 0. The molecule has 0 atom stereocenters. The zero-order valence-corrected chi connectivity index (χ0v) is 21.9. The molecule has 3 aromatic heterocycles. The monoisotopic (exact) mass is 512 g/mol. The zero-order valence-electron chi connectivity index (χ0n) is 21.9. The molecule has 0 unspecified atom stereocenters. The van der Waals surface area contributed by atoms with E-state index < -0.39 is 0 Å². The number of furan rings is 1. The topological polar surface area (TPSA) is 23.0 Å². The van der Waals surface area contributed by atoms with Crippen LogP contribution in [0.15, 0.2) is 132 Å². The Bertz CT molecular complexity index is 2450. The van der Waals surface area contributed by atoms with Gasteiger partial charge in [0, 0.05) is 38.0 Å². The van der Waals surface area contributed by atoms with Gasteiger partial charge in [-0.15, -0.1) is 0 Å². The molecule has 40 heavy (non-hydrogen) atoms. The van der Waals surface area contributed by atoms with Gasteiger partial charge in [0.25, 0.3) is 0 Å². The molecule has 188 valence electrons. The molecule has 6 aromatic carbocycles. The maximum absolute atomic E-state index is 6.47. The number of benzene rings is 6. The van der Waals surface area contributed by atoms with Crippen molar-refractivity contribution >= 4 is 65.6 Å². The molecule has 0 aliphatic rings. The largest absolute Gasteiger partial charge is 0.454 e. The van der Waals surface area contributed by atoms with Crippen LogP contribution in [0.1, 0.15) is 5.56 Å². The Morgan fingerprint density at radius 1 is 0.450 bits per heavy atom. The van der Waals surface area contributed by atoms with Crippen molar-refractivity contribution in [2.45, 2.75) is 6.92 Å². The second-order valence-electron chi connectivity index (χ2n) is 10.7.